The predicted octanol–water partition coefficient (Wildman–Crippen LogP) is 3.23. The molecule has 0 saturated heterocycles. The van der Waals surface area contributed by atoms with Crippen molar-refractivity contribution in [3.8, 4) is 0 Å². The Morgan fingerprint density at radius 2 is 2.00 bits per heavy atom. The van der Waals surface area contributed by atoms with Crippen molar-refractivity contribution in [2.75, 3.05) is 0 Å². The lowest BCUT2D eigenvalue weighted by molar-refractivity contribution is 0.765. The third-order valence-corrected chi connectivity index (χ3v) is 3.74. The number of hydrogen-bond acceptors (Lipinski definition) is 3. The molecule has 102 valence electrons. The minimum absolute atomic E-state index is 0.375. The van der Waals surface area contributed by atoms with Gasteiger partial charge in [0.2, 0.25) is 0 Å². The molecule has 0 aliphatic heterocycles. The first-order valence-electron chi connectivity index (χ1n) is 6.47. The van der Waals surface area contributed by atoms with Crippen LogP contribution in [-0.4, -0.2) is 19.5 Å². The number of pyridine rings is 2. The number of imidazole rings is 1. The van der Waals surface area contributed by atoms with E-state index in [1.165, 1.54) is 5.56 Å². The van der Waals surface area contributed by atoms with E-state index in [9.17, 15) is 0 Å². The van der Waals surface area contributed by atoms with Crippen LogP contribution in [-0.2, 0) is 12.4 Å². The first-order chi connectivity index (χ1) is 9.70. The van der Waals surface area contributed by atoms with E-state index in [4.69, 9.17) is 11.6 Å². The zero-order valence-corrected chi connectivity index (χ0v) is 12.2. The number of aromatic nitrogens is 4. The van der Waals surface area contributed by atoms with Gasteiger partial charge < -0.3 is 4.57 Å². The Morgan fingerprint density at radius 3 is 2.75 bits per heavy atom. The lowest BCUT2D eigenvalue weighted by Crippen LogP contribution is -2.06. The van der Waals surface area contributed by atoms with Crippen LogP contribution in [0.3, 0.4) is 0 Å². The zero-order valence-electron chi connectivity index (χ0n) is 11.5. The topological polar surface area (TPSA) is 43.6 Å². The zero-order chi connectivity index (χ0) is 14.1. The van der Waals surface area contributed by atoms with E-state index in [2.05, 4.69) is 26.4 Å². The normalized spacial score (nSPS) is 11.2. The van der Waals surface area contributed by atoms with E-state index >= 15 is 0 Å². The van der Waals surface area contributed by atoms with Crippen molar-refractivity contribution in [2.45, 2.75) is 26.3 Å². The molecule has 0 atom stereocenters. The van der Waals surface area contributed by atoms with E-state index in [0.29, 0.717) is 12.4 Å². The molecule has 0 amide bonds. The maximum Gasteiger partial charge on any atom is 0.160 e. The van der Waals surface area contributed by atoms with Crippen LogP contribution in [0.4, 0.5) is 0 Å². The Hall–Kier alpha value is -1.94. The molecule has 3 rings (SSSR count). The van der Waals surface area contributed by atoms with Crippen molar-refractivity contribution in [1.82, 2.24) is 19.5 Å². The highest BCUT2D eigenvalue weighted by atomic mass is 35.5. The fraction of sp³-hybridized carbons (Fsp3) is 0.267. The first kappa shape index (κ1) is 13.1. The summed E-state index contributed by atoms with van der Waals surface area (Å²) in [5, 5.41) is 0. The van der Waals surface area contributed by atoms with Gasteiger partial charge in [0.05, 0.1) is 12.4 Å². The number of rotatable bonds is 3. The molecule has 0 N–H and O–H groups in total. The Bertz CT molecular complexity index is 764. The van der Waals surface area contributed by atoms with Gasteiger partial charge in [-0.15, -0.1) is 11.6 Å². The van der Waals surface area contributed by atoms with Crippen molar-refractivity contribution in [1.29, 1.82) is 0 Å². The number of hydrogen-bond donors (Lipinski definition) is 0. The highest BCUT2D eigenvalue weighted by Gasteiger charge is 2.13. The van der Waals surface area contributed by atoms with Gasteiger partial charge in [0.25, 0.3) is 0 Å². The van der Waals surface area contributed by atoms with Gasteiger partial charge in [-0.1, -0.05) is 0 Å². The molecule has 3 heterocycles. The number of halogens is 1. The smallest absolute Gasteiger partial charge is 0.160 e. The van der Waals surface area contributed by atoms with E-state index < -0.39 is 0 Å². The monoisotopic (exact) mass is 286 g/mol. The highest BCUT2D eigenvalue weighted by molar-refractivity contribution is 6.16. The van der Waals surface area contributed by atoms with Crippen LogP contribution in [0.15, 0.2) is 30.7 Å². The second-order valence-electron chi connectivity index (χ2n) is 4.85. The molecule has 0 aliphatic carbocycles. The average Bonchev–Trinajstić information content (AvgIpc) is 2.81. The van der Waals surface area contributed by atoms with E-state index in [-0.39, 0.29) is 0 Å². The van der Waals surface area contributed by atoms with Gasteiger partial charge in [-0.05, 0) is 42.7 Å². The molecular weight excluding hydrogens is 272 g/mol. The van der Waals surface area contributed by atoms with Gasteiger partial charge in [0.1, 0.15) is 11.3 Å². The Morgan fingerprint density at radius 1 is 1.15 bits per heavy atom. The number of alkyl halides is 1. The second-order valence-corrected chi connectivity index (χ2v) is 5.12. The minimum atomic E-state index is 0.375. The molecule has 4 nitrogen and oxygen atoms in total. The Labute approximate surface area is 122 Å². The van der Waals surface area contributed by atoms with Gasteiger partial charge in [0.15, 0.2) is 5.65 Å². The molecule has 0 spiro atoms. The van der Waals surface area contributed by atoms with E-state index in [1.807, 2.05) is 31.5 Å². The van der Waals surface area contributed by atoms with Gasteiger partial charge in [0, 0.05) is 18.6 Å². The van der Waals surface area contributed by atoms with Crippen LogP contribution in [0, 0.1) is 13.8 Å². The maximum atomic E-state index is 6.04. The van der Waals surface area contributed by atoms with Crippen molar-refractivity contribution < 1.29 is 0 Å². The quantitative estimate of drug-likeness (QED) is 0.694. The highest BCUT2D eigenvalue weighted by Crippen LogP contribution is 2.20. The summed E-state index contributed by atoms with van der Waals surface area (Å²) in [4.78, 5) is 13.2. The number of aryl methyl sites for hydroxylation is 2. The van der Waals surface area contributed by atoms with Crippen LogP contribution in [0.5, 0.6) is 0 Å². The molecule has 3 aromatic heterocycles. The third-order valence-electron chi connectivity index (χ3n) is 3.50. The largest absolute Gasteiger partial charge is 0.307 e. The Balaban J connectivity index is 2.15. The minimum Gasteiger partial charge on any atom is -0.307 e. The van der Waals surface area contributed by atoms with Crippen LogP contribution >= 0.6 is 11.6 Å². The summed E-state index contributed by atoms with van der Waals surface area (Å²) in [6.07, 6.45) is 5.49. The first-order valence-corrected chi connectivity index (χ1v) is 7.00. The summed E-state index contributed by atoms with van der Waals surface area (Å²) < 4.78 is 2.08. The molecule has 3 aromatic rings. The molecule has 20 heavy (non-hydrogen) atoms. The molecule has 0 unspecified atom stereocenters. The predicted molar refractivity (Wildman–Crippen MR) is 79.9 cm³/mol. The molecule has 0 saturated carbocycles. The summed E-state index contributed by atoms with van der Waals surface area (Å²) in [5.74, 6) is 1.22. The summed E-state index contributed by atoms with van der Waals surface area (Å²) in [6.45, 7) is 4.81. The molecule has 0 fully saturated rings. The third kappa shape index (κ3) is 2.16. The molecule has 5 heteroatoms. The van der Waals surface area contributed by atoms with Gasteiger partial charge in [-0.2, -0.15) is 0 Å². The number of nitrogens with zero attached hydrogens (tertiary/aromatic N) is 4. The molecular formula is C15H15ClN4. The Kier molecular flexibility index (Phi) is 3.40. The standard InChI is InChI=1S/C15H15ClN4/c1-10-3-6-18-15-14(10)19-13(7-16)20(15)9-12-4-5-17-8-11(12)2/h3-6,8H,7,9H2,1-2H3. The van der Waals surface area contributed by atoms with Crippen molar-refractivity contribution in [2.24, 2.45) is 0 Å². The van der Waals surface area contributed by atoms with Crippen molar-refractivity contribution in [3.63, 3.8) is 0 Å². The molecule has 0 radical (unpaired) electrons. The average molecular weight is 287 g/mol. The SMILES string of the molecule is Cc1cnccc1Cn1c(CCl)nc2c(C)ccnc21. The van der Waals surface area contributed by atoms with Crippen molar-refractivity contribution in [3.05, 3.63) is 53.2 Å². The van der Waals surface area contributed by atoms with Crippen LogP contribution in [0.2, 0.25) is 0 Å². The van der Waals surface area contributed by atoms with E-state index in [0.717, 1.165) is 28.1 Å². The van der Waals surface area contributed by atoms with Crippen LogP contribution in [0.1, 0.15) is 22.5 Å². The molecule has 0 aliphatic rings. The maximum absolute atomic E-state index is 6.04. The fourth-order valence-corrected chi connectivity index (χ4v) is 2.51. The van der Waals surface area contributed by atoms with Gasteiger partial charge in [-0.3, -0.25) is 4.98 Å². The van der Waals surface area contributed by atoms with Crippen molar-refractivity contribution >= 4 is 22.8 Å². The molecule has 0 bridgehead atoms. The lowest BCUT2D eigenvalue weighted by Gasteiger charge is -2.09. The van der Waals surface area contributed by atoms with Crippen LogP contribution in [0.25, 0.3) is 11.2 Å². The van der Waals surface area contributed by atoms with E-state index in [1.54, 1.807) is 6.20 Å². The van der Waals surface area contributed by atoms with Gasteiger partial charge >= 0.3 is 0 Å². The number of fused-ring (bicyclic) bond motifs is 1. The summed E-state index contributed by atoms with van der Waals surface area (Å²) in [5.41, 5.74) is 5.29. The second kappa shape index (κ2) is 5.21. The van der Waals surface area contributed by atoms with Crippen LogP contribution < -0.4 is 0 Å². The molecule has 0 aromatic carbocycles. The lowest BCUT2D eigenvalue weighted by atomic mass is 10.1. The summed E-state index contributed by atoms with van der Waals surface area (Å²) in [6, 6.07) is 3.99. The fourth-order valence-electron chi connectivity index (χ4n) is 2.30. The summed E-state index contributed by atoms with van der Waals surface area (Å²) in [7, 11) is 0. The van der Waals surface area contributed by atoms with Gasteiger partial charge in [-0.25, -0.2) is 9.97 Å². The summed E-state index contributed by atoms with van der Waals surface area (Å²) >= 11 is 6.04.